The third-order valence-electron chi connectivity index (χ3n) is 6.79. The Hall–Kier alpha value is -1.12. The number of carbonyl (C=O) groups is 1. The van der Waals surface area contributed by atoms with E-state index in [0.717, 1.165) is 44.2 Å². The lowest BCUT2D eigenvalue weighted by molar-refractivity contribution is -0.174. The molecule has 1 aliphatic heterocycles. The number of hydrogen-bond acceptors (Lipinski definition) is 4. The highest BCUT2D eigenvalue weighted by atomic mass is 16.5. The topological polar surface area (TPSA) is 65.4 Å². The van der Waals surface area contributed by atoms with Crippen LogP contribution in [0.4, 0.5) is 0 Å². The van der Waals surface area contributed by atoms with Gasteiger partial charge in [-0.15, -0.1) is 0 Å². The van der Waals surface area contributed by atoms with E-state index >= 15 is 0 Å². The van der Waals surface area contributed by atoms with Crippen LogP contribution in [0.2, 0.25) is 0 Å². The zero-order valence-electron chi connectivity index (χ0n) is 14.7. The zero-order valence-corrected chi connectivity index (χ0v) is 14.7. The lowest BCUT2D eigenvalue weighted by atomic mass is 9.51. The molecular formula is C19H29N3O2. The fourth-order valence-electron chi connectivity index (χ4n) is 6.42. The number of likely N-dealkylation sites (tertiary alicyclic amines) is 1. The molecule has 5 heteroatoms. The van der Waals surface area contributed by atoms with E-state index in [9.17, 15) is 10.1 Å². The highest BCUT2D eigenvalue weighted by Crippen LogP contribution is 2.58. The summed E-state index contributed by atoms with van der Waals surface area (Å²) in [5.74, 6) is 1.60. The van der Waals surface area contributed by atoms with Crippen molar-refractivity contribution < 1.29 is 9.53 Å². The number of nitriles is 1. The average molecular weight is 331 g/mol. The van der Waals surface area contributed by atoms with E-state index in [4.69, 9.17) is 4.74 Å². The summed E-state index contributed by atoms with van der Waals surface area (Å²) in [6.45, 7) is 3.99. The van der Waals surface area contributed by atoms with Crippen LogP contribution < -0.4 is 5.32 Å². The third-order valence-corrected chi connectivity index (χ3v) is 6.79. The first-order valence-electron chi connectivity index (χ1n) is 9.65. The van der Waals surface area contributed by atoms with Gasteiger partial charge < -0.3 is 15.0 Å². The molecule has 3 unspecified atom stereocenters. The summed E-state index contributed by atoms with van der Waals surface area (Å²) in [7, 11) is 0. The van der Waals surface area contributed by atoms with Gasteiger partial charge in [-0.3, -0.25) is 4.79 Å². The Labute approximate surface area is 144 Å². The summed E-state index contributed by atoms with van der Waals surface area (Å²) in [5, 5.41) is 12.8. The minimum Gasteiger partial charge on any atom is -0.375 e. The monoisotopic (exact) mass is 331 g/mol. The second-order valence-corrected chi connectivity index (χ2v) is 8.59. The summed E-state index contributed by atoms with van der Waals surface area (Å²) in [6, 6.07) is 2.05. The molecule has 0 aromatic heterocycles. The minimum absolute atomic E-state index is 0.0533. The van der Waals surface area contributed by atoms with E-state index in [1.54, 1.807) is 4.90 Å². The molecule has 1 saturated heterocycles. The van der Waals surface area contributed by atoms with E-state index < -0.39 is 0 Å². The average Bonchev–Trinajstić information content (AvgIpc) is 3.00. The molecule has 0 aromatic rings. The Morgan fingerprint density at radius 2 is 2.08 bits per heavy atom. The van der Waals surface area contributed by atoms with Crippen molar-refractivity contribution in [2.24, 2.45) is 11.8 Å². The van der Waals surface area contributed by atoms with Gasteiger partial charge in [0.05, 0.1) is 18.2 Å². The quantitative estimate of drug-likeness (QED) is 0.839. The fraction of sp³-hybridized carbons (Fsp3) is 0.895. The van der Waals surface area contributed by atoms with Crippen LogP contribution in [0, 0.1) is 23.2 Å². The number of nitrogens with one attached hydrogen (secondary N) is 1. The Bertz CT molecular complexity index is 541. The summed E-state index contributed by atoms with van der Waals surface area (Å²) in [5.41, 5.74) is 0.133. The first-order valence-corrected chi connectivity index (χ1v) is 9.65. The number of nitrogens with zero attached hydrogens (tertiary/aromatic N) is 2. The number of hydrogen-bond donors (Lipinski definition) is 1. The van der Waals surface area contributed by atoms with Gasteiger partial charge in [-0.25, -0.2) is 0 Å². The number of ether oxygens (including phenoxy) is 1. The molecule has 0 radical (unpaired) electrons. The van der Waals surface area contributed by atoms with Crippen LogP contribution in [0.1, 0.15) is 58.3 Å². The molecule has 1 heterocycles. The highest BCUT2D eigenvalue weighted by molar-refractivity contribution is 5.79. The van der Waals surface area contributed by atoms with Crippen molar-refractivity contribution in [2.45, 2.75) is 75.5 Å². The second-order valence-electron chi connectivity index (χ2n) is 8.59. The van der Waals surface area contributed by atoms with Gasteiger partial charge >= 0.3 is 0 Å². The molecule has 4 saturated carbocycles. The van der Waals surface area contributed by atoms with E-state index in [1.807, 2.05) is 0 Å². The van der Waals surface area contributed by atoms with Gasteiger partial charge in [-0.05, 0) is 70.1 Å². The SMILES string of the molecule is CCOC12CC3C[C@@H](CC(NCC(=O)N4CCC[C@H]4C#N)(C3)C1)C2. The first-order chi connectivity index (χ1) is 11.6. The molecule has 4 bridgehead atoms. The van der Waals surface area contributed by atoms with Gasteiger partial charge in [0, 0.05) is 18.7 Å². The second kappa shape index (κ2) is 6.00. The Morgan fingerprint density at radius 1 is 1.33 bits per heavy atom. The van der Waals surface area contributed by atoms with Gasteiger partial charge in [0.25, 0.3) is 0 Å². The molecule has 5 rings (SSSR count). The normalized spacial score (nSPS) is 43.2. The Morgan fingerprint density at radius 3 is 2.75 bits per heavy atom. The van der Waals surface area contributed by atoms with E-state index in [0.29, 0.717) is 6.54 Å². The molecule has 5 nitrogen and oxygen atoms in total. The maximum absolute atomic E-state index is 12.6. The Balaban J connectivity index is 1.43. The van der Waals surface area contributed by atoms with Gasteiger partial charge in [-0.1, -0.05) is 0 Å². The van der Waals surface area contributed by atoms with Crippen LogP contribution in [-0.4, -0.2) is 47.7 Å². The third kappa shape index (κ3) is 2.74. The van der Waals surface area contributed by atoms with Crippen molar-refractivity contribution in [3.63, 3.8) is 0 Å². The van der Waals surface area contributed by atoms with Crippen LogP contribution in [0.25, 0.3) is 0 Å². The van der Waals surface area contributed by atoms with Crippen LogP contribution in [0.5, 0.6) is 0 Å². The maximum Gasteiger partial charge on any atom is 0.237 e. The lowest BCUT2D eigenvalue weighted by Gasteiger charge is -2.62. The van der Waals surface area contributed by atoms with Gasteiger partial charge in [0.15, 0.2) is 0 Å². The van der Waals surface area contributed by atoms with Crippen LogP contribution in [0.15, 0.2) is 0 Å². The molecular weight excluding hydrogens is 302 g/mol. The molecule has 0 spiro atoms. The van der Waals surface area contributed by atoms with Crippen molar-refractivity contribution in [1.82, 2.24) is 10.2 Å². The molecule has 5 atom stereocenters. The van der Waals surface area contributed by atoms with E-state index in [1.165, 1.54) is 32.1 Å². The molecule has 1 amide bonds. The summed E-state index contributed by atoms with van der Waals surface area (Å²) in [4.78, 5) is 14.4. The molecule has 4 aliphatic carbocycles. The fourth-order valence-corrected chi connectivity index (χ4v) is 6.42. The van der Waals surface area contributed by atoms with Crippen molar-refractivity contribution in [3.05, 3.63) is 0 Å². The van der Waals surface area contributed by atoms with Gasteiger partial charge in [0.2, 0.25) is 5.91 Å². The zero-order chi connectivity index (χ0) is 16.8. The standard InChI is InChI=1S/C19H29N3O2/c1-2-24-19-9-14-6-15(10-19)8-18(7-14,13-19)21-12-17(23)22-5-3-4-16(22)11-20/h14-16,21H,2-10,12-13H2,1H3/t14-,15?,16-,18?,19?/m0/s1. The lowest BCUT2D eigenvalue weighted by Crippen LogP contribution is -2.66. The van der Waals surface area contributed by atoms with Crippen molar-refractivity contribution in [3.8, 4) is 6.07 Å². The summed E-state index contributed by atoms with van der Waals surface area (Å²) >= 11 is 0. The smallest absolute Gasteiger partial charge is 0.237 e. The molecule has 0 aromatic carbocycles. The number of carbonyl (C=O) groups excluding carboxylic acids is 1. The van der Waals surface area contributed by atoms with Crippen LogP contribution in [0.3, 0.4) is 0 Å². The predicted molar refractivity (Wildman–Crippen MR) is 90.1 cm³/mol. The minimum atomic E-state index is -0.217. The number of amides is 1. The van der Waals surface area contributed by atoms with Crippen LogP contribution >= 0.6 is 0 Å². The highest BCUT2D eigenvalue weighted by Gasteiger charge is 2.58. The molecule has 5 fully saturated rings. The van der Waals surface area contributed by atoms with Crippen LogP contribution in [-0.2, 0) is 9.53 Å². The van der Waals surface area contributed by atoms with Crippen molar-refractivity contribution >= 4 is 5.91 Å². The van der Waals surface area contributed by atoms with Gasteiger partial charge in [0.1, 0.15) is 6.04 Å². The van der Waals surface area contributed by atoms with E-state index in [-0.39, 0.29) is 23.1 Å². The summed E-state index contributed by atoms with van der Waals surface area (Å²) in [6.07, 6.45) is 8.96. The van der Waals surface area contributed by atoms with E-state index in [2.05, 4.69) is 18.3 Å². The first kappa shape index (κ1) is 16.4. The van der Waals surface area contributed by atoms with Crippen molar-refractivity contribution in [1.29, 1.82) is 5.26 Å². The maximum atomic E-state index is 12.6. The molecule has 5 aliphatic rings. The molecule has 132 valence electrons. The molecule has 1 N–H and O–H groups in total. The molecule has 24 heavy (non-hydrogen) atoms. The largest absolute Gasteiger partial charge is 0.375 e. The number of rotatable bonds is 5. The Kier molecular flexibility index (Phi) is 4.09. The van der Waals surface area contributed by atoms with Crippen molar-refractivity contribution in [2.75, 3.05) is 19.7 Å². The van der Waals surface area contributed by atoms with Gasteiger partial charge in [-0.2, -0.15) is 5.26 Å². The summed E-state index contributed by atoms with van der Waals surface area (Å²) < 4.78 is 6.23. The predicted octanol–water partition coefficient (Wildman–Crippen LogP) is 2.22.